The van der Waals surface area contributed by atoms with Gasteiger partial charge in [0.25, 0.3) is 0 Å². The second-order valence-electron chi connectivity index (χ2n) is 5.55. The van der Waals surface area contributed by atoms with Gasteiger partial charge in [-0.15, -0.1) is 0 Å². The average molecular weight is 297 g/mol. The van der Waals surface area contributed by atoms with Crippen LogP contribution in [0.4, 0.5) is 0 Å². The Hall–Kier alpha value is -0.980. The van der Waals surface area contributed by atoms with E-state index in [0.717, 1.165) is 38.5 Å². The molecular formula is C14H23N3O2S. The van der Waals surface area contributed by atoms with Crippen molar-refractivity contribution in [3.8, 4) is 0 Å². The predicted molar refractivity (Wildman–Crippen MR) is 78.7 cm³/mol. The Bertz CT molecular complexity index is 508. The molecule has 0 aliphatic heterocycles. The first-order chi connectivity index (χ1) is 9.58. The second-order valence-corrected chi connectivity index (χ2v) is 7.23. The van der Waals surface area contributed by atoms with Gasteiger partial charge in [0.05, 0.1) is 0 Å². The summed E-state index contributed by atoms with van der Waals surface area (Å²) >= 11 is 0. The van der Waals surface area contributed by atoms with Gasteiger partial charge in [-0.2, -0.15) is 0 Å². The molecule has 1 fully saturated rings. The van der Waals surface area contributed by atoms with Gasteiger partial charge in [-0.1, -0.05) is 32.1 Å². The normalized spacial score (nSPS) is 20.1. The largest absolute Gasteiger partial charge is 0.329 e. The average Bonchev–Trinajstić information content (AvgIpc) is 2.43. The lowest BCUT2D eigenvalue weighted by Crippen LogP contribution is -2.53. The van der Waals surface area contributed by atoms with Crippen LogP contribution in [0.3, 0.4) is 0 Å². The van der Waals surface area contributed by atoms with E-state index in [2.05, 4.69) is 9.71 Å². The van der Waals surface area contributed by atoms with Crippen molar-refractivity contribution in [1.82, 2.24) is 9.71 Å². The van der Waals surface area contributed by atoms with Crippen molar-refractivity contribution in [1.29, 1.82) is 0 Å². The van der Waals surface area contributed by atoms with Crippen molar-refractivity contribution in [3.05, 3.63) is 24.5 Å². The zero-order valence-corrected chi connectivity index (χ0v) is 12.5. The third-order valence-corrected chi connectivity index (χ3v) is 5.56. The van der Waals surface area contributed by atoms with Crippen LogP contribution in [0, 0.1) is 0 Å². The number of hydrogen-bond acceptors (Lipinski definition) is 4. The number of aromatic nitrogens is 1. The molecule has 1 aliphatic rings. The van der Waals surface area contributed by atoms with E-state index in [9.17, 15) is 8.42 Å². The molecule has 1 heterocycles. The van der Waals surface area contributed by atoms with E-state index >= 15 is 0 Å². The topological polar surface area (TPSA) is 85.1 Å². The van der Waals surface area contributed by atoms with Gasteiger partial charge in [0.15, 0.2) is 0 Å². The van der Waals surface area contributed by atoms with Gasteiger partial charge in [-0.25, -0.2) is 13.1 Å². The summed E-state index contributed by atoms with van der Waals surface area (Å²) in [5, 5.41) is 0. The maximum Gasteiger partial charge on any atom is 0.242 e. The molecule has 1 saturated carbocycles. The van der Waals surface area contributed by atoms with Gasteiger partial charge in [-0.3, -0.25) is 4.98 Å². The van der Waals surface area contributed by atoms with Crippen LogP contribution < -0.4 is 10.5 Å². The SMILES string of the molecule is NCC1(NS(=O)(=O)c2cccnc2)CCCCCCC1. The Morgan fingerprint density at radius 3 is 2.40 bits per heavy atom. The molecule has 0 saturated heterocycles. The van der Waals surface area contributed by atoms with E-state index in [4.69, 9.17) is 5.73 Å². The van der Waals surface area contributed by atoms with Crippen LogP contribution in [0.5, 0.6) is 0 Å². The van der Waals surface area contributed by atoms with E-state index in [-0.39, 0.29) is 4.90 Å². The van der Waals surface area contributed by atoms with Gasteiger partial charge in [0, 0.05) is 24.5 Å². The Labute approximate surface area is 121 Å². The lowest BCUT2D eigenvalue weighted by Gasteiger charge is -2.34. The van der Waals surface area contributed by atoms with Crippen molar-refractivity contribution >= 4 is 10.0 Å². The van der Waals surface area contributed by atoms with Crippen molar-refractivity contribution in [2.45, 2.75) is 55.4 Å². The molecule has 0 unspecified atom stereocenters. The van der Waals surface area contributed by atoms with Gasteiger partial charge >= 0.3 is 0 Å². The fourth-order valence-electron chi connectivity index (χ4n) is 2.78. The summed E-state index contributed by atoms with van der Waals surface area (Å²) in [4.78, 5) is 4.08. The number of pyridine rings is 1. The van der Waals surface area contributed by atoms with Crippen LogP contribution in [0.1, 0.15) is 44.9 Å². The molecular weight excluding hydrogens is 274 g/mol. The third kappa shape index (κ3) is 3.77. The fraction of sp³-hybridized carbons (Fsp3) is 0.643. The Balaban J connectivity index is 2.19. The number of nitrogens with zero attached hydrogens (tertiary/aromatic N) is 1. The smallest absolute Gasteiger partial charge is 0.242 e. The molecule has 20 heavy (non-hydrogen) atoms. The first-order valence-corrected chi connectivity index (χ1v) is 8.70. The molecule has 5 nitrogen and oxygen atoms in total. The summed E-state index contributed by atoms with van der Waals surface area (Å²) in [7, 11) is -3.55. The first-order valence-electron chi connectivity index (χ1n) is 7.22. The molecule has 0 amide bonds. The highest BCUT2D eigenvalue weighted by Crippen LogP contribution is 2.27. The molecule has 112 valence electrons. The molecule has 0 aromatic carbocycles. The van der Waals surface area contributed by atoms with Gasteiger partial charge in [0.1, 0.15) is 4.90 Å². The number of rotatable bonds is 4. The van der Waals surface area contributed by atoms with Gasteiger partial charge < -0.3 is 5.73 Å². The Kier molecular flexibility index (Phi) is 5.12. The summed E-state index contributed by atoms with van der Waals surface area (Å²) in [6, 6.07) is 3.18. The van der Waals surface area contributed by atoms with E-state index in [1.54, 1.807) is 18.3 Å². The van der Waals surface area contributed by atoms with Crippen molar-refractivity contribution < 1.29 is 8.42 Å². The Morgan fingerprint density at radius 1 is 1.20 bits per heavy atom. The zero-order valence-electron chi connectivity index (χ0n) is 11.7. The predicted octanol–water partition coefficient (Wildman–Crippen LogP) is 1.80. The van der Waals surface area contributed by atoms with E-state index < -0.39 is 15.6 Å². The molecule has 3 N–H and O–H groups in total. The van der Waals surface area contributed by atoms with Crippen LogP contribution in [0.15, 0.2) is 29.4 Å². The minimum absolute atomic E-state index is 0.204. The van der Waals surface area contributed by atoms with Crippen LogP contribution >= 0.6 is 0 Å². The Morgan fingerprint density at radius 2 is 1.85 bits per heavy atom. The first kappa shape index (κ1) is 15.4. The number of sulfonamides is 1. The minimum Gasteiger partial charge on any atom is -0.329 e. The summed E-state index contributed by atoms with van der Waals surface area (Å²) < 4.78 is 27.8. The summed E-state index contributed by atoms with van der Waals surface area (Å²) in [5.74, 6) is 0. The quantitative estimate of drug-likeness (QED) is 0.887. The van der Waals surface area contributed by atoms with Gasteiger partial charge in [-0.05, 0) is 25.0 Å². The van der Waals surface area contributed by atoms with Crippen molar-refractivity contribution in [2.75, 3.05) is 6.54 Å². The molecule has 0 bridgehead atoms. The molecule has 6 heteroatoms. The van der Waals surface area contributed by atoms with Crippen LogP contribution in [-0.4, -0.2) is 25.5 Å². The molecule has 1 aliphatic carbocycles. The maximum atomic E-state index is 12.5. The van der Waals surface area contributed by atoms with Crippen molar-refractivity contribution in [2.24, 2.45) is 5.73 Å². The highest BCUT2D eigenvalue weighted by Gasteiger charge is 2.33. The molecule has 0 spiro atoms. The maximum absolute atomic E-state index is 12.5. The van der Waals surface area contributed by atoms with Gasteiger partial charge in [0.2, 0.25) is 10.0 Å². The minimum atomic E-state index is -3.55. The van der Waals surface area contributed by atoms with E-state index in [0.29, 0.717) is 6.54 Å². The summed E-state index contributed by atoms with van der Waals surface area (Å²) in [5.41, 5.74) is 5.40. The molecule has 0 radical (unpaired) electrons. The molecule has 1 aromatic heterocycles. The summed E-state index contributed by atoms with van der Waals surface area (Å²) in [6.07, 6.45) is 10.1. The van der Waals surface area contributed by atoms with Crippen LogP contribution in [0.2, 0.25) is 0 Å². The van der Waals surface area contributed by atoms with Crippen LogP contribution in [0.25, 0.3) is 0 Å². The number of hydrogen-bond donors (Lipinski definition) is 2. The molecule has 2 rings (SSSR count). The molecule has 1 aromatic rings. The van der Waals surface area contributed by atoms with Crippen LogP contribution in [-0.2, 0) is 10.0 Å². The highest BCUT2D eigenvalue weighted by atomic mass is 32.2. The number of nitrogens with two attached hydrogens (primary N) is 1. The lowest BCUT2D eigenvalue weighted by atomic mass is 9.85. The number of nitrogens with one attached hydrogen (secondary N) is 1. The standard InChI is InChI=1S/C14H23N3O2S/c15-12-14(8-4-2-1-3-5-9-14)17-20(18,19)13-7-6-10-16-11-13/h6-7,10-11,17H,1-5,8-9,12,15H2. The lowest BCUT2D eigenvalue weighted by molar-refractivity contribution is 0.296. The fourth-order valence-corrected chi connectivity index (χ4v) is 4.21. The molecule has 0 atom stereocenters. The summed E-state index contributed by atoms with van der Waals surface area (Å²) in [6.45, 7) is 0.340. The zero-order chi connectivity index (χ0) is 14.5. The monoisotopic (exact) mass is 297 g/mol. The third-order valence-electron chi connectivity index (χ3n) is 4.00. The highest BCUT2D eigenvalue weighted by molar-refractivity contribution is 7.89. The van der Waals surface area contributed by atoms with Crippen molar-refractivity contribution in [3.63, 3.8) is 0 Å². The van der Waals surface area contributed by atoms with E-state index in [1.807, 2.05) is 0 Å². The second kappa shape index (κ2) is 6.65. The van der Waals surface area contributed by atoms with E-state index in [1.165, 1.54) is 12.6 Å².